The molecule has 0 fully saturated rings. The second kappa shape index (κ2) is 7.44. The third-order valence-electron chi connectivity index (χ3n) is 2.67. The van der Waals surface area contributed by atoms with E-state index in [0.717, 1.165) is 4.90 Å². The number of aliphatic hydroxyl groups excluding tert-OH is 1. The van der Waals surface area contributed by atoms with Crippen LogP contribution >= 0.6 is 11.8 Å². The molecule has 0 radical (unpaired) electrons. The largest absolute Gasteiger partial charge is 0.396 e. The molecule has 0 aromatic heterocycles. The lowest BCUT2D eigenvalue weighted by Crippen LogP contribution is -2.35. The summed E-state index contributed by atoms with van der Waals surface area (Å²) in [5.41, 5.74) is -0.0537. The predicted octanol–water partition coefficient (Wildman–Crippen LogP) is 2.30. The van der Waals surface area contributed by atoms with Gasteiger partial charge in [0.1, 0.15) is 0 Å². The number of nitrogens with one attached hydrogen (secondary N) is 1. The van der Waals surface area contributed by atoms with Crippen LogP contribution < -0.4 is 5.32 Å². The van der Waals surface area contributed by atoms with Gasteiger partial charge in [-0.05, 0) is 24.0 Å². The molecule has 2 N–H and O–H groups in total. The van der Waals surface area contributed by atoms with E-state index in [4.69, 9.17) is 5.11 Å². The molecule has 3 nitrogen and oxygen atoms in total. The van der Waals surface area contributed by atoms with E-state index < -0.39 is 0 Å². The molecule has 100 valence electrons. The number of benzene rings is 1. The highest BCUT2D eigenvalue weighted by atomic mass is 32.2. The third-order valence-corrected chi connectivity index (χ3v) is 3.68. The van der Waals surface area contributed by atoms with Crippen molar-refractivity contribution < 1.29 is 9.90 Å². The van der Waals surface area contributed by atoms with Crippen LogP contribution in [0.15, 0.2) is 35.2 Å². The molecule has 0 atom stereocenters. The van der Waals surface area contributed by atoms with Gasteiger partial charge in [-0.25, -0.2) is 0 Å². The smallest absolute Gasteiger partial charge is 0.230 e. The zero-order valence-electron chi connectivity index (χ0n) is 11.0. The van der Waals surface area contributed by atoms with Gasteiger partial charge in [0.05, 0.1) is 5.75 Å². The number of rotatable bonds is 7. The average molecular weight is 267 g/mol. The van der Waals surface area contributed by atoms with Gasteiger partial charge >= 0.3 is 0 Å². The van der Waals surface area contributed by atoms with Crippen LogP contribution in [0.5, 0.6) is 0 Å². The first-order valence-corrected chi connectivity index (χ1v) is 7.07. The summed E-state index contributed by atoms with van der Waals surface area (Å²) in [6.45, 7) is 4.82. The van der Waals surface area contributed by atoms with Crippen molar-refractivity contribution >= 4 is 17.7 Å². The molecule has 0 bridgehead atoms. The molecule has 0 spiro atoms. The maximum atomic E-state index is 11.7. The van der Waals surface area contributed by atoms with Crippen molar-refractivity contribution in [3.8, 4) is 0 Å². The molecule has 1 rings (SSSR count). The molecule has 1 amide bonds. The lowest BCUT2D eigenvalue weighted by atomic mass is 9.90. The van der Waals surface area contributed by atoms with Gasteiger partial charge in [-0.1, -0.05) is 32.0 Å². The highest BCUT2D eigenvalue weighted by Gasteiger charge is 2.17. The van der Waals surface area contributed by atoms with E-state index in [2.05, 4.69) is 5.32 Å². The number of thioether (sulfide) groups is 1. The number of carbonyl (C=O) groups is 1. The highest BCUT2D eigenvalue weighted by Crippen LogP contribution is 2.19. The molecule has 0 saturated heterocycles. The highest BCUT2D eigenvalue weighted by molar-refractivity contribution is 8.00. The normalized spacial score (nSPS) is 11.3. The lowest BCUT2D eigenvalue weighted by molar-refractivity contribution is -0.119. The molecule has 0 heterocycles. The number of hydrogen-bond acceptors (Lipinski definition) is 3. The Kier molecular flexibility index (Phi) is 6.22. The second-order valence-electron chi connectivity index (χ2n) is 5.02. The van der Waals surface area contributed by atoms with Crippen molar-refractivity contribution in [1.29, 1.82) is 0 Å². The zero-order chi connectivity index (χ0) is 13.4. The van der Waals surface area contributed by atoms with Crippen LogP contribution in [0.3, 0.4) is 0 Å². The molecule has 1 aromatic rings. The molecule has 0 aliphatic rings. The molecule has 18 heavy (non-hydrogen) atoms. The average Bonchev–Trinajstić information content (AvgIpc) is 2.35. The third kappa shape index (κ3) is 6.07. The molecule has 0 unspecified atom stereocenters. The van der Waals surface area contributed by atoms with Crippen LogP contribution in [0.2, 0.25) is 0 Å². The first kappa shape index (κ1) is 15.1. The van der Waals surface area contributed by atoms with Crippen LogP contribution in [0.1, 0.15) is 20.3 Å². The van der Waals surface area contributed by atoms with Gasteiger partial charge in [0.2, 0.25) is 5.91 Å². The fraction of sp³-hybridized carbons (Fsp3) is 0.500. The van der Waals surface area contributed by atoms with Crippen molar-refractivity contribution in [1.82, 2.24) is 5.32 Å². The van der Waals surface area contributed by atoms with E-state index in [1.807, 2.05) is 44.2 Å². The number of carbonyl (C=O) groups excluding carboxylic acids is 1. The van der Waals surface area contributed by atoms with Crippen LogP contribution in [-0.4, -0.2) is 29.9 Å². The fourth-order valence-corrected chi connectivity index (χ4v) is 2.19. The van der Waals surface area contributed by atoms with Crippen molar-refractivity contribution in [2.45, 2.75) is 25.2 Å². The standard InChI is InChI=1S/C14H21NO2S/c1-14(2,8-9-16)11-15-13(17)10-18-12-6-4-3-5-7-12/h3-7,16H,8-11H2,1-2H3,(H,15,17). The summed E-state index contributed by atoms with van der Waals surface area (Å²) < 4.78 is 0. The molecular formula is C14H21NO2S. The topological polar surface area (TPSA) is 49.3 Å². The number of amides is 1. The van der Waals surface area contributed by atoms with E-state index >= 15 is 0 Å². The van der Waals surface area contributed by atoms with Crippen molar-refractivity contribution in [2.75, 3.05) is 18.9 Å². The van der Waals surface area contributed by atoms with Gasteiger partial charge in [0, 0.05) is 18.0 Å². The van der Waals surface area contributed by atoms with Crippen molar-refractivity contribution in [2.24, 2.45) is 5.41 Å². The minimum atomic E-state index is -0.0537. The summed E-state index contributed by atoms with van der Waals surface area (Å²) in [7, 11) is 0. The Balaban J connectivity index is 2.26. The number of hydrogen-bond donors (Lipinski definition) is 2. The SMILES string of the molecule is CC(C)(CCO)CNC(=O)CSc1ccccc1. The van der Waals surface area contributed by atoms with Crippen LogP contribution in [0.25, 0.3) is 0 Å². The summed E-state index contributed by atoms with van der Waals surface area (Å²) in [5.74, 6) is 0.467. The van der Waals surface area contributed by atoms with E-state index in [0.29, 0.717) is 18.7 Å². The van der Waals surface area contributed by atoms with E-state index in [1.54, 1.807) is 0 Å². The van der Waals surface area contributed by atoms with Crippen LogP contribution in [-0.2, 0) is 4.79 Å². The minimum absolute atomic E-state index is 0.0369. The molecular weight excluding hydrogens is 246 g/mol. The Labute approximate surface area is 113 Å². The van der Waals surface area contributed by atoms with Gasteiger partial charge in [-0.3, -0.25) is 4.79 Å². The Hall–Kier alpha value is -1.00. The summed E-state index contributed by atoms with van der Waals surface area (Å²) in [6.07, 6.45) is 0.694. The quantitative estimate of drug-likeness (QED) is 0.745. The first-order valence-electron chi connectivity index (χ1n) is 6.09. The van der Waals surface area contributed by atoms with E-state index in [9.17, 15) is 4.79 Å². The fourth-order valence-electron chi connectivity index (χ4n) is 1.45. The predicted molar refractivity (Wildman–Crippen MR) is 75.7 cm³/mol. The van der Waals surface area contributed by atoms with Crippen LogP contribution in [0, 0.1) is 5.41 Å². The lowest BCUT2D eigenvalue weighted by Gasteiger charge is -2.23. The van der Waals surface area contributed by atoms with E-state index in [1.165, 1.54) is 11.8 Å². The second-order valence-corrected chi connectivity index (χ2v) is 6.07. The Morgan fingerprint density at radius 3 is 2.61 bits per heavy atom. The zero-order valence-corrected chi connectivity index (χ0v) is 11.8. The Bertz CT molecular complexity index is 365. The first-order chi connectivity index (χ1) is 8.53. The molecule has 4 heteroatoms. The van der Waals surface area contributed by atoms with Crippen LogP contribution in [0.4, 0.5) is 0 Å². The van der Waals surface area contributed by atoms with Gasteiger partial charge in [0.25, 0.3) is 0 Å². The summed E-state index contributed by atoms with van der Waals surface area (Å²) >= 11 is 1.53. The van der Waals surface area contributed by atoms with Crippen molar-refractivity contribution in [3.63, 3.8) is 0 Å². The molecule has 0 saturated carbocycles. The van der Waals surface area contributed by atoms with Gasteiger partial charge in [-0.2, -0.15) is 0 Å². The maximum absolute atomic E-state index is 11.7. The minimum Gasteiger partial charge on any atom is -0.396 e. The maximum Gasteiger partial charge on any atom is 0.230 e. The monoisotopic (exact) mass is 267 g/mol. The van der Waals surface area contributed by atoms with E-state index in [-0.39, 0.29) is 17.9 Å². The Morgan fingerprint density at radius 1 is 1.33 bits per heavy atom. The van der Waals surface area contributed by atoms with Gasteiger partial charge < -0.3 is 10.4 Å². The van der Waals surface area contributed by atoms with Gasteiger partial charge in [0.15, 0.2) is 0 Å². The molecule has 0 aliphatic carbocycles. The van der Waals surface area contributed by atoms with Gasteiger partial charge in [-0.15, -0.1) is 11.8 Å². The molecule has 0 aliphatic heterocycles. The summed E-state index contributed by atoms with van der Waals surface area (Å²) in [6, 6.07) is 9.87. The summed E-state index contributed by atoms with van der Waals surface area (Å²) in [4.78, 5) is 12.8. The van der Waals surface area contributed by atoms with Crippen molar-refractivity contribution in [3.05, 3.63) is 30.3 Å². The Morgan fingerprint density at radius 2 is 2.00 bits per heavy atom. The molecule has 1 aromatic carbocycles. The number of aliphatic hydroxyl groups is 1. The summed E-state index contributed by atoms with van der Waals surface area (Å²) in [5, 5.41) is 11.8.